The SMILES string of the molecule is Cc1ccc(C)c(Cn2c(N3CCC(C(=O)NCc4ccccc4Cl)CC3)nc3ccccc32)c1. The van der Waals surface area contributed by atoms with Gasteiger partial charge < -0.3 is 14.8 Å². The first kappa shape index (κ1) is 23.4. The number of nitrogens with zero attached hydrogens (tertiary/aromatic N) is 3. The molecule has 4 aromatic rings. The van der Waals surface area contributed by atoms with Gasteiger partial charge in [0.2, 0.25) is 11.9 Å². The van der Waals surface area contributed by atoms with Crippen molar-refractivity contribution in [2.45, 2.75) is 39.8 Å². The number of rotatable bonds is 6. The van der Waals surface area contributed by atoms with Crippen LogP contribution in [-0.4, -0.2) is 28.5 Å². The van der Waals surface area contributed by atoms with Gasteiger partial charge in [0.1, 0.15) is 0 Å². The van der Waals surface area contributed by atoms with Crippen molar-refractivity contribution in [1.29, 1.82) is 0 Å². The normalized spacial score (nSPS) is 14.4. The van der Waals surface area contributed by atoms with Gasteiger partial charge in [-0.05, 0) is 61.6 Å². The summed E-state index contributed by atoms with van der Waals surface area (Å²) in [5.74, 6) is 1.10. The van der Waals surface area contributed by atoms with Crippen molar-refractivity contribution < 1.29 is 4.79 Å². The second-order valence-corrected chi connectivity index (χ2v) is 9.89. The maximum Gasteiger partial charge on any atom is 0.223 e. The minimum absolute atomic E-state index is 0.00517. The number of para-hydroxylation sites is 2. The summed E-state index contributed by atoms with van der Waals surface area (Å²) >= 11 is 6.24. The smallest absolute Gasteiger partial charge is 0.223 e. The van der Waals surface area contributed by atoms with E-state index in [-0.39, 0.29) is 11.8 Å². The fourth-order valence-electron chi connectivity index (χ4n) is 4.91. The maximum absolute atomic E-state index is 12.9. The molecule has 1 amide bonds. The highest BCUT2D eigenvalue weighted by molar-refractivity contribution is 6.31. The highest BCUT2D eigenvalue weighted by Crippen LogP contribution is 2.29. The van der Waals surface area contributed by atoms with Crippen LogP contribution < -0.4 is 10.2 Å². The molecule has 1 saturated heterocycles. The summed E-state index contributed by atoms with van der Waals surface area (Å²) in [7, 11) is 0. The van der Waals surface area contributed by atoms with Gasteiger partial charge >= 0.3 is 0 Å². The molecule has 1 aliphatic heterocycles. The third kappa shape index (κ3) is 5.06. The minimum atomic E-state index is 0.00517. The number of fused-ring (bicyclic) bond motifs is 1. The molecule has 1 N–H and O–H groups in total. The summed E-state index contributed by atoms with van der Waals surface area (Å²) < 4.78 is 2.33. The van der Waals surface area contributed by atoms with Gasteiger partial charge in [0.25, 0.3) is 0 Å². The zero-order chi connectivity index (χ0) is 24.4. The number of carbonyl (C=O) groups excluding carboxylic acids is 1. The number of imidazole rings is 1. The van der Waals surface area contributed by atoms with Crippen LogP contribution in [-0.2, 0) is 17.9 Å². The Morgan fingerprint density at radius 3 is 2.54 bits per heavy atom. The zero-order valence-corrected chi connectivity index (χ0v) is 21.1. The van der Waals surface area contributed by atoms with Crippen LogP contribution >= 0.6 is 11.6 Å². The van der Waals surface area contributed by atoms with Crippen LogP contribution in [0.5, 0.6) is 0 Å². The van der Waals surface area contributed by atoms with Gasteiger partial charge in [-0.15, -0.1) is 0 Å². The van der Waals surface area contributed by atoms with Crippen LogP contribution in [0.2, 0.25) is 5.02 Å². The molecule has 0 bridgehead atoms. The first-order chi connectivity index (χ1) is 17.0. The third-order valence-electron chi connectivity index (χ3n) is 7.03. The van der Waals surface area contributed by atoms with Gasteiger partial charge in [-0.25, -0.2) is 4.98 Å². The van der Waals surface area contributed by atoms with Crippen molar-refractivity contribution in [1.82, 2.24) is 14.9 Å². The maximum atomic E-state index is 12.9. The van der Waals surface area contributed by atoms with E-state index < -0.39 is 0 Å². The summed E-state index contributed by atoms with van der Waals surface area (Å²) in [5.41, 5.74) is 6.95. The van der Waals surface area contributed by atoms with Gasteiger partial charge in [0.05, 0.1) is 17.6 Å². The highest BCUT2D eigenvalue weighted by atomic mass is 35.5. The number of hydrogen-bond donors (Lipinski definition) is 1. The number of halogens is 1. The van der Waals surface area contributed by atoms with Crippen LogP contribution in [0.3, 0.4) is 0 Å². The van der Waals surface area contributed by atoms with Crippen LogP contribution in [0.25, 0.3) is 11.0 Å². The Bertz CT molecular complexity index is 1350. The molecule has 0 spiro atoms. The topological polar surface area (TPSA) is 50.2 Å². The number of aryl methyl sites for hydroxylation is 2. The van der Waals surface area contributed by atoms with Crippen molar-refractivity contribution >= 4 is 34.5 Å². The zero-order valence-electron chi connectivity index (χ0n) is 20.3. The molecule has 5 nitrogen and oxygen atoms in total. The summed E-state index contributed by atoms with van der Waals surface area (Å²) in [6.07, 6.45) is 1.61. The van der Waals surface area contributed by atoms with Crippen LogP contribution in [0.15, 0.2) is 66.7 Å². The standard InChI is InChI=1S/C29H31ClN4O/c1-20-11-12-21(2)24(17-20)19-34-27-10-6-5-9-26(27)32-29(34)33-15-13-22(14-16-33)28(35)31-18-23-7-3-4-8-25(23)30/h3-12,17,22H,13-16,18-19H2,1-2H3,(H,31,35). The fraction of sp³-hybridized carbons (Fsp3) is 0.310. The molecule has 0 radical (unpaired) electrons. The Morgan fingerprint density at radius 1 is 1.00 bits per heavy atom. The van der Waals surface area contributed by atoms with E-state index in [2.05, 4.69) is 65.0 Å². The van der Waals surface area contributed by atoms with Crippen LogP contribution in [0.1, 0.15) is 35.1 Å². The summed E-state index contributed by atoms with van der Waals surface area (Å²) in [6, 6.07) is 22.6. The number of aromatic nitrogens is 2. The number of anilines is 1. The van der Waals surface area contributed by atoms with Crippen LogP contribution in [0.4, 0.5) is 5.95 Å². The molecule has 180 valence electrons. The largest absolute Gasteiger partial charge is 0.352 e. The van der Waals surface area contributed by atoms with Crippen molar-refractivity contribution in [2.75, 3.05) is 18.0 Å². The molecule has 0 saturated carbocycles. The molecular weight excluding hydrogens is 456 g/mol. The number of benzene rings is 3. The van der Waals surface area contributed by atoms with E-state index in [1.165, 1.54) is 16.7 Å². The lowest BCUT2D eigenvalue weighted by molar-refractivity contribution is -0.125. The molecular formula is C29H31ClN4O. The lowest BCUT2D eigenvalue weighted by atomic mass is 9.96. The predicted molar refractivity (Wildman–Crippen MR) is 143 cm³/mol. The molecule has 0 aliphatic carbocycles. The average Bonchev–Trinajstić information content (AvgIpc) is 3.24. The third-order valence-corrected chi connectivity index (χ3v) is 7.40. The van der Waals surface area contributed by atoms with E-state index in [4.69, 9.17) is 16.6 Å². The first-order valence-electron chi connectivity index (χ1n) is 12.3. The Labute approximate surface area is 211 Å². The molecule has 0 atom stereocenters. The Balaban J connectivity index is 1.31. The van der Waals surface area contributed by atoms with E-state index in [0.29, 0.717) is 11.6 Å². The predicted octanol–water partition coefficient (Wildman–Crippen LogP) is 5.89. The van der Waals surface area contributed by atoms with Gasteiger partial charge in [0, 0.05) is 30.6 Å². The lowest BCUT2D eigenvalue weighted by Gasteiger charge is -2.32. The molecule has 0 unspecified atom stereocenters. The molecule has 2 heterocycles. The van der Waals surface area contributed by atoms with E-state index in [0.717, 1.165) is 55.0 Å². The van der Waals surface area contributed by atoms with Gasteiger partial charge in [-0.3, -0.25) is 4.79 Å². The summed E-state index contributed by atoms with van der Waals surface area (Å²) in [6.45, 7) is 7.16. The number of hydrogen-bond acceptors (Lipinski definition) is 3. The molecule has 5 rings (SSSR count). The second-order valence-electron chi connectivity index (χ2n) is 9.49. The molecule has 1 aromatic heterocycles. The van der Waals surface area contributed by atoms with Crippen molar-refractivity contribution in [3.8, 4) is 0 Å². The summed E-state index contributed by atoms with van der Waals surface area (Å²) in [5, 5.41) is 3.76. The fourth-order valence-corrected chi connectivity index (χ4v) is 5.11. The van der Waals surface area contributed by atoms with Gasteiger partial charge in [0.15, 0.2) is 0 Å². The Kier molecular flexibility index (Phi) is 6.78. The molecule has 6 heteroatoms. The van der Waals surface area contributed by atoms with E-state index >= 15 is 0 Å². The van der Waals surface area contributed by atoms with E-state index in [1.54, 1.807) is 0 Å². The number of piperidine rings is 1. The van der Waals surface area contributed by atoms with Crippen LogP contribution in [0, 0.1) is 19.8 Å². The Hall–Kier alpha value is -3.31. The van der Waals surface area contributed by atoms with Crippen molar-refractivity contribution in [2.24, 2.45) is 5.92 Å². The van der Waals surface area contributed by atoms with Gasteiger partial charge in [-0.2, -0.15) is 0 Å². The average molecular weight is 487 g/mol. The summed E-state index contributed by atoms with van der Waals surface area (Å²) in [4.78, 5) is 20.2. The number of carbonyl (C=O) groups is 1. The molecule has 1 aliphatic rings. The highest BCUT2D eigenvalue weighted by Gasteiger charge is 2.28. The Morgan fingerprint density at radius 2 is 1.74 bits per heavy atom. The molecule has 1 fully saturated rings. The first-order valence-corrected chi connectivity index (χ1v) is 12.6. The van der Waals surface area contributed by atoms with E-state index in [1.807, 2.05) is 30.3 Å². The minimum Gasteiger partial charge on any atom is -0.352 e. The molecule has 35 heavy (non-hydrogen) atoms. The monoisotopic (exact) mass is 486 g/mol. The van der Waals surface area contributed by atoms with Crippen molar-refractivity contribution in [3.63, 3.8) is 0 Å². The lowest BCUT2D eigenvalue weighted by Crippen LogP contribution is -2.41. The van der Waals surface area contributed by atoms with Crippen molar-refractivity contribution in [3.05, 3.63) is 94.0 Å². The second kappa shape index (κ2) is 10.1. The van der Waals surface area contributed by atoms with E-state index in [9.17, 15) is 4.79 Å². The van der Waals surface area contributed by atoms with Gasteiger partial charge in [-0.1, -0.05) is 65.7 Å². The number of nitrogens with one attached hydrogen (secondary N) is 1. The molecule has 3 aromatic carbocycles. The quantitative estimate of drug-likeness (QED) is 0.370. The number of amides is 1.